The lowest BCUT2D eigenvalue weighted by Gasteiger charge is -2.33. The van der Waals surface area contributed by atoms with Gasteiger partial charge in [-0.05, 0) is 12.8 Å². The summed E-state index contributed by atoms with van der Waals surface area (Å²) in [7, 11) is 0. The number of terminal acetylenes is 1. The summed E-state index contributed by atoms with van der Waals surface area (Å²) < 4.78 is 0. The summed E-state index contributed by atoms with van der Waals surface area (Å²) in [5, 5.41) is 14.4. The van der Waals surface area contributed by atoms with Crippen LogP contribution in [0.25, 0.3) is 0 Å². The van der Waals surface area contributed by atoms with Crippen LogP contribution >= 0.6 is 0 Å². The first-order chi connectivity index (χ1) is 8.10. The number of hydrogen-bond donors (Lipinski definition) is 3. The van der Waals surface area contributed by atoms with Crippen molar-refractivity contribution in [2.45, 2.75) is 44.1 Å². The van der Waals surface area contributed by atoms with Gasteiger partial charge in [-0.2, -0.15) is 0 Å². The molecule has 1 aliphatic rings. The van der Waals surface area contributed by atoms with Crippen molar-refractivity contribution in [2.75, 3.05) is 6.54 Å². The van der Waals surface area contributed by atoms with Gasteiger partial charge >= 0.3 is 12.0 Å². The summed E-state index contributed by atoms with van der Waals surface area (Å²) in [6.07, 6.45) is 9.16. The third-order valence-electron chi connectivity index (χ3n) is 3.02. The van der Waals surface area contributed by atoms with Gasteiger partial charge in [-0.1, -0.05) is 19.3 Å². The van der Waals surface area contributed by atoms with Crippen molar-refractivity contribution < 1.29 is 14.7 Å². The predicted octanol–water partition coefficient (Wildman–Crippen LogP) is 1.10. The lowest BCUT2D eigenvalue weighted by Crippen LogP contribution is -2.58. The zero-order valence-corrected chi connectivity index (χ0v) is 9.79. The number of hydrogen-bond acceptors (Lipinski definition) is 2. The van der Waals surface area contributed by atoms with Crippen LogP contribution in [0.2, 0.25) is 0 Å². The summed E-state index contributed by atoms with van der Waals surface area (Å²) in [6, 6.07) is -0.454. The molecule has 5 nitrogen and oxygen atoms in total. The number of carboxylic acid groups (broad SMARTS) is 1. The smallest absolute Gasteiger partial charge is 0.329 e. The van der Waals surface area contributed by atoms with Crippen LogP contribution in [-0.2, 0) is 4.79 Å². The topological polar surface area (TPSA) is 78.4 Å². The number of aliphatic carboxylic acids is 1. The average molecular weight is 238 g/mol. The molecule has 1 saturated carbocycles. The van der Waals surface area contributed by atoms with Crippen molar-refractivity contribution in [2.24, 2.45) is 0 Å². The Kier molecular flexibility index (Phi) is 4.83. The minimum atomic E-state index is -1.10. The maximum absolute atomic E-state index is 11.5. The molecule has 0 unspecified atom stereocenters. The van der Waals surface area contributed by atoms with Crippen LogP contribution in [0.1, 0.15) is 38.5 Å². The highest BCUT2D eigenvalue weighted by Crippen LogP contribution is 2.28. The number of carboxylic acids is 1. The van der Waals surface area contributed by atoms with E-state index in [9.17, 15) is 14.7 Å². The van der Waals surface area contributed by atoms with Crippen molar-refractivity contribution in [3.05, 3.63) is 0 Å². The molecular formula is C12H18N2O3. The molecule has 1 rings (SSSR count). The Morgan fingerprint density at radius 1 is 1.29 bits per heavy atom. The summed E-state index contributed by atoms with van der Waals surface area (Å²) in [6.45, 7) is 0.359. The Balaban J connectivity index is 2.52. The van der Waals surface area contributed by atoms with Gasteiger partial charge in [-0.3, -0.25) is 0 Å². The Morgan fingerprint density at radius 3 is 2.47 bits per heavy atom. The number of amides is 2. The fourth-order valence-electron chi connectivity index (χ4n) is 2.06. The fourth-order valence-corrected chi connectivity index (χ4v) is 2.06. The molecule has 0 aromatic carbocycles. The zero-order chi connectivity index (χ0) is 12.7. The van der Waals surface area contributed by atoms with Gasteiger partial charge in [-0.25, -0.2) is 9.59 Å². The zero-order valence-electron chi connectivity index (χ0n) is 9.79. The van der Waals surface area contributed by atoms with Gasteiger partial charge in [0, 0.05) is 13.0 Å². The predicted molar refractivity (Wildman–Crippen MR) is 63.4 cm³/mol. The second kappa shape index (κ2) is 6.14. The van der Waals surface area contributed by atoms with Crippen LogP contribution in [0.3, 0.4) is 0 Å². The molecule has 0 atom stereocenters. The minimum absolute atomic E-state index is 0.359. The molecule has 5 heteroatoms. The van der Waals surface area contributed by atoms with E-state index in [0.29, 0.717) is 25.8 Å². The summed E-state index contributed by atoms with van der Waals surface area (Å²) >= 11 is 0. The van der Waals surface area contributed by atoms with Gasteiger partial charge in [0.2, 0.25) is 0 Å². The molecule has 0 spiro atoms. The molecular weight excluding hydrogens is 220 g/mol. The molecule has 0 aromatic rings. The molecule has 0 aromatic heterocycles. The van der Waals surface area contributed by atoms with Crippen molar-refractivity contribution in [3.63, 3.8) is 0 Å². The number of nitrogens with one attached hydrogen (secondary N) is 2. The highest BCUT2D eigenvalue weighted by Gasteiger charge is 2.40. The summed E-state index contributed by atoms with van der Waals surface area (Å²) in [4.78, 5) is 22.8. The van der Waals surface area contributed by atoms with Gasteiger partial charge in [0.25, 0.3) is 0 Å². The molecule has 0 heterocycles. The van der Waals surface area contributed by atoms with Gasteiger partial charge < -0.3 is 15.7 Å². The SMILES string of the molecule is C#CCCNC(=O)NC1(C(=O)O)CCCCC1. The van der Waals surface area contributed by atoms with Gasteiger partial charge in [0.05, 0.1) is 0 Å². The monoisotopic (exact) mass is 238 g/mol. The van der Waals surface area contributed by atoms with Gasteiger partial charge in [0.15, 0.2) is 0 Å². The van der Waals surface area contributed by atoms with E-state index in [-0.39, 0.29) is 0 Å². The van der Waals surface area contributed by atoms with Crippen LogP contribution in [0.5, 0.6) is 0 Å². The maximum atomic E-state index is 11.5. The molecule has 0 bridgehead atoms. The van der Waals surface area contributed by atoms with Crippen molar-refractivity contribution in [1.82, 2.24) is 10.6 Å². The first-order valence-corrected chi connectivity index (χ1v) is 5.83. The standard InChI is InChI=1S/C12H18N2O3/c1-2-3-9-13-11(17)14-12(10(15)16)7-5-4-6-8-12/h1H,3-9H2,(H,15,16)(H2,13,14,17). The first kappa shape index (κ1) is 13.4. The minimum Gasteiger partial charge on any atom is -0.480 e. The van der Waals surface area contributed by atoms with Crippen LogP contribution in [0, 0.1) is 12.3 Å². The Morgan fingerprint density at radius 2 is 1.94 bits per heavy atom. The molecule has 0 radical (unpaired) electrons. The van der Waals surface area contributed by atoms with E-state index in [1.165, 1.54) is 0 Å². The van der Waals surface area contributed by atoms with Crippen LogP contribution in [-0.4, -0.2) is 29.2 Å². The highest BCUT2D eigenvalue weighted by molar-refractivity contribution is 5.86. The van der Waals surface area contributed by atoms with Gasteiger partial charge in [0.1, 0.15) is 5.54 Å². The molecule has 17 heavy (non-hydrogen) atoms. The van der Waals surface area contributed by atoms with E-state index in [1.807, 2.05) is 0 Å². The first-order valence-electron chi connectivity index (χ1n) is 5.83. The number of carbonyl (C=O) groups is 2. The van der Waals surface area contributed by atoms with E-state index in [4.69, 9.17) is 6.42 Å². The largest absolute Gasteiger partial charge is 0.480 e. The molecule has 0 saturated heterocycles. The maximum Gasteiger partial charge on any atom is 0.329 e. The van der Waals surface area contributed by atoms with E-state index in [2.05, 4.69) is 16.6 Å². The van der Waals surface area contributed by atoms with E-state index < -0.39 is 17.5 Å². The van der Waals surface area contributed by atoms with E-state index in [1.54, 1.807) is 0 Å². The van der Waals surface area contributed by atoms with Crippen molar-refractivity contribution in [1.29, 1.82) is 0 Å². The molecule has 0 aliphatic heterocycles. The van der Waals surface area contributed by atoms with Crippen LogP contribution in [0.15, 0.2) is 0 Å². The Hall–Kier alpha value is -1.70. The van der Waals surface area contributed by atoms with Crippen molar-refractivity contribution >= 4 is 12.0 Å². The summed E-state index contributed by atoms with van der Waals surface area (Å²) in [5.74, 6) is 1.45. The second-order valence-corrected chi connectivity index (χ2v) is 4.28. The normalized spacial score (nSPS) is 17.8. The molecule has 94 valence electrons. The molecule has 1 fully saturated rings. The quantitative estimate of drug-likeness (QED) is 0.507. The number of rotatable bonds is 4. The fraction of sp³-hybridized carbons (Fsp3) is 0.667. The summed E-state index contributed by atoms with van der Waals surface area (Å²) in [5.41, 5.74) is -1.10. The molecule has 2 amide bonds. The lowest BCUT2D eigenvalue weighted by molar-refractivity contribution is -0.145. The third-order valence-corrected chi connectivity index (χ3v) is 3.02. The van der Waals surface area contributed by atoms with E-state index in [0.717, 1.165) is 19.3 Å². The third kappa shape index (κ3) is 3.66. The van der Waals surface area contributed by atoms with Crippen molar-refractivity contribution in [3.8, 4) is 12.3 Å². The number of carbonyl (C=O) groups excluding carboxylic acids is 1. The van der Waals surface area contributed by atoms with Gasteiger partial charge in [-0.15, -0.1) is 12.3 Å². The number of urea groups is 1. The second-order valence-electron chi connectivity index (χ2n) is 4.28. The lowest BCUT2D eigenvalue weighted by atomic mass is 9.82. The highest BCUT2D eigenvalue weighted by atomic mass is 16.4. The molecule has 3 N–H and O–H groups in total. The average Bonchev–Trinajstić information content (AvgIpc) is 2.30. The van der Waals surface area contributed by atoms with E-state index >= 15 is 0 Å². The van der Waals surface area contributed by atoms with Crippen LogP contribution < -0.4 is 10.6 Å². The Labute approximate surface area is 101 Å². The Bertz CT molecular complexity index is 327. The molecule has 1 aliphatic carbocycles. The van der Waals surface area contributed by atoms with Crippen LogP contribution in [0.4, 0.5) is 4.79 Å².